The molecule has 0 bridgehead atoms. The van der Waals surface area contributed by atoms with Gasteiger partial charge < -0.3 is 5.32 Å². The summed E-state index contributed by atoms with van der Waals surface area (Å²) >= 11 is 0. The lowest BCUT2D eigenvalue weighted by Gasteiger charge is -2.15. The van der Waals surface area contributed by atoms with E-state index in [1.807, 2.05) is 0 Å². The molecule has 0 spiro atoms. The molecule has 0 heterocycles. The summed E-state index contributed by atoms with van der Waals surface area (Å²) in [5, 5.41) is 3.60. The van der Waals surface area contributed by atoms with Gasteiger partial charge in [0.15, 0.2) is 0 Å². The molecular formula is C20H27N. The Hall–Kier alpha value is -1.76. The van der Waals surface area contributed by atoms with Gasteiger partial charge in [0.2, 0.25) is 0 Å². The average Bonchev–Trinajstić information content (AvgIpc) is 2.53. The molecule has 21 heavy (non-hydrogen) atoms. The van der Waals surface area contributed by atoms with E-state index in [0.717, 1.165) is 12.8 Å². The second kappa shape index (κ2) is 8.51. The molecule has 0 aromatic heterocycles. The highest BCUT2D eigenvalue weighted by molar-refractivity contribution is 5.45. The van der Waals surface area contributed by atoms with Crippen LogP contribution >= 0.6 is 0 Å². The van der Waals surface area contributed by atoms with E-state index in [9.17, 15) is 0 Å². The van der Waals surface area contributed by atoms with Crippen molar-refractivity contribution in [3.63, 3.8) is 0 Å². The van der Waals surface area contributed by atoms with Gasteiger partial charge in [0.1, 0.15) is 0 Å². The second-order valence-corrected chi connectivity index (χ2v) is 5.87. The van der Waals surface area contributed by atoms with Crippen LogP contribution in [0.2, 0.25) is 0 Å². The predicted molar refractivity (Wildman–Crippen MR) is 92.9 cm³/mol. The van der Waals surface area contributed by atoms with Gasteiger partial charge in [0.05, 0.1) is 0 Å². The van der Waals surface area contributed by atoms with Crippen LogP contribution in [0.4, 0.5) is 5.69 Å². The minimum atomic E-state index is 0.492. The van der Waals surface area contributed by atoms with Crippen LogP contribution in [0.5, 0.6) is 0 Å². The van der Waals surface area contributed by atoms with Crippen molar-refractivity contribution in [2.75, 3.05) is 5.32 Å². The highest BCUT2D eigenvalue weighted by Gasteiger charge is 2.03. The zero-order valence-corrected chi connectivity index (χ0v) is 13.3. The van der Waals surface area contributed by atoms with Crippen LogP contribution in [0, 0.1) is 0 Å². The van der Waals surface area contributed by atoms with Crippen LogP contribution in [-0.4, -0.2) is 6.04 Å². The number of aryl methyl sites for hydroxylation is 2. The first-order chi connectivity index (χ1) is 10.3. The molecular weight excluding hydrogens is 254 g/mol. The van der Waals surface area contributed by atoms with E-state index in [0.29, 0.717) is 6.04 Å². The molecule has 0 aliphatic heterocycles. The standard InChI is InChI=1S/C20H27N/c1-3-4-8-19-13-15-20(16-14-19)21-17(2)11-12-18-9-6-5-7-10-18/h5-7,9-10,13-17,21H,3-4,8,11-12H2,1-2H3. The number of rotatable bonds is 8. The molecule has 0 amide bonds. The van der Waals surface area contributed by atoms with Crippen molar-refractivity contribution in [2.45, 2.75) is 52.0 Å². The van der Waals surface area contributed by atoms with Gasteiger partial charge in [0.25, 0.3) is 0 Å². The predicted octanol–water partition coefficient (Wildman–Crippen LogP) is 5.46. The fourth-order valence-corrected chi connectivity index (χ4v) is 2.53. The molecule has 112 valence electrons. The molecule has 2 aromatic rings. The maximum absolute atomic E-state index is 3.60. The molecule has 0 saturated carbocycles. The van der Waals surface area contributed by atoms with E-state index < -0.39 is 0 Å². The van der Waals surface area contributed by atoms with E-state index >= 15 is 0 Å². The Morgan fingerprint density at radius 2 is 1.52 bits per heavy atom. The molecule has 1 heteroatoms. The molecule has 2 aromatic carbocycles. The zero-order valence-electron chi connectivity index (χ0n) is 13.3. The van der Waals surface area contributed by atoms with Crippen LogP contribution in [-0.2, 0) is 12.8 Å². The Kier molecular flexibility index (Phi) is 6.33. The average molecular weight is 281 g/mol. The van der Waals surface area contributed by atoms with Crippen LogP contribution in [0.1, 0.15) is 44.2 Å². The van der Waals surface area contributed by atoms with Crippen molar-refractivity contribution in [3.05, 3.63) is 65.7 Å². The third kappa shape index (κ3) is 5.63. The number of hydrogen-bond donors (Lipinski definition) is 1. The summed E-state index contributed by atoms with van der Waals surface area (Å²) in [6.07, 6.45) is 6.02. The van der Waals surface area contributed by atoms with Crippen molar-refractivity contribution in [1.82, 2.24) is 0 Å². The number of benzene rings is 2. The maximum atomic E-state index is 3.60. The van der Waals surface area contributed by atoms with Crippen molar-refractivity contribution >= 4 is 5.69 Å². The monoisotopic (exact) mass is 281 g/mol. The lowest BCUT2D eigenvalue weighted by atomic mass is 10.1. The summed E-state index contributed by atoms with van der Waals surface area (Å²) < 4.78 is 0. The molecule has 1 atom stereocenters. The molecule has 2 rings (SSSR count). The second-order valence-electron chi connectivity index (χ2n) is 5.87. The maximum Gasteiger partial charge on any atom is 0.0342 e. The third-order valence-corrected chi connectivity index (χ3v) is 3.89. The first kappa shape index (κ1) is 15.6. The summed E-state index contributed by atoms with van der Waals surface area (Å²) in [5.41, 5.74) is 4.09. The fraction of sp³-hybridized carbons (Fsp3) is 0.400. The summed E-state index contributed by atoms with van der Waals surface area (Å²) in [5.74, 6) is 0. The van der Waals surface area contributed by atoms with Crippen molar-refractivity contribution < 1.29 is 0 Å². The lowest BCUT2D eigenvalue weighted by Crippen LogP contribution is -2.15. The largest absolute Gasteiger partial charge is 0.383 e. The topological polar surface area (TPSA) is 12.0 Å². The van der Waals surface area contributed by atoms with Gasteiger partial charge in [-0.15, -0.1) is 0 Å². The Bertz CT molecular complexity index is 501. The van der Waals surface area contributed by atoms with E-state index in [1.165, 1.54) is 36.1 Å². The van der Waals surface area contributed by atoms with E-state index in [1.54, 1.807) is 0 Å². The first-order valence-electron chi connectivity index (χ1n) is 8.17. The van der Waals surface area contributed by atoms with Gasteiger partial charge in [-0.2, -0.15) is 0 Å². The smallest absolute Gasteiger partial charge is 0.0342 e. The molecule has 0 aliphatic rings. The van der Waals surface area contributed by atoms with Gasteiger partial charge in [-0.05, 0) is 55.9 Å². The fourth-order valence-electron chi connectivity index (χ4n) is 2.53. The Labute approximate surface area is 129 Å². The lowest BCUT2D eigenvalue weighted by molar-refractivity contribution is 0.706. The van der Waals surface area contributed by atoms with Gasteiger partial charge in [-0.25, -0.2) is 0 Å². The number of nitrogens with one attached hydrogen (secondary N) is 1. The number of anilines is 1. The van der Waals surface area contributed by atoms with Gasteiger partial charge >= 0.3 is 0 Å². The SMILES string of the molecule is CCCCc1ccc(NC(C)CCc2ccccc2)cc1. The summed E-state index contributed by atoms with van der Waals surface area (Å²) in [6, 6.07) is 20.1. The highest BCUT2D eigenvalue weighted by atomic mass is 14.9. The van der Waals surface area contributed by atoms with Crippen LogP contribution < -0.4 is 5.32 Å². The summed E-state index contributed by atoms with van der Waals surface area (Å²) in [6.45, 7) is 4.50. The molecule has 0 radical (unpaired) electrons. The van der Waals surface area contributed by atoms with Crippen molar-refractivity contribution in [2.24, 2.45) is 0 Å². The van der Waals surface area contributed by atoms with Crippen molar-refractivity contribution in [3.8, 4) is 0 Å². The quantitative estimate of drug-likeness (QED) is 0.677. The Balaban J connectivity index is 1.78. The van der Waals surface area contributed by atoms with Crippen LogP contribution in [0.25, 0.3) is 0 Å². The summed E-state index contributed by atoms with van der Waals surface area (Å²) in [7, 11) is 0. The summed E-state index contributed by atoms with van der Waals surface area (Å²) in [4.78, 5) is 0. The van der Waals surface area contributed by atoms with E-state index in [2.05, 4.69) is 73.8 Å². The normalized spacial score (nSPS) is 12.1. The molecule has 1 N–H and O–H groups in total. The first-order valence-corrected chi connectivity index (χ1v) is 8.17. The van der Waals surface area contributed by atoms with Gasteiger partial charge in [0, 0.05) is 11.7 Å². The van der Waals surface area contributed by atoms with Crippen LogP contribution in [0.3, 0.4) is 0 Å². The number of unbranched alkanes of at least 4 members (excludes halogenated alkanes) is 1. The third-order valence-electron chi connectivity index (χ3n) is 3.89. The zero-order chi connectivity index (χ0) is 14.9. The van der Waals surface area contributed by atoms with E-state index in [-0.39, 0.29) is 0 Å². The molecule has 0 fully saturated rings. The molecule has 0 saturated heterocycles. The molecule has 1 nitrogen and oxygen atoms in total. The Morgan fingerprint density at radius 3 is 2.19 bits per heavy atom. The molecule has 0 aliphatic carbocycles. The minimum absolute atomic E-state index is 0.492. The molecule has 1 unspecified atom stereocenters. The van der Waals surface area contributed by atoms with Crippen molar-refractivity contribution in [1.29, 1.82) is 0 Å². The number of hydrogen-bond acceptors (Lipinski definition) is 1. The van der Waals surface area contributed by atoms with Crippen LogP contribution in [0.15, 0.2) is 54.6 Å². The van der Waals surface area contributed by atoms with E-state index in [4.69, 9.17) is 0 Å². The van der Waals surface area contributed by atoms with Gasteiger partial charge in [-0.1, -0.05) is 55.8 Å². The van der Waals surface area contributed by atoms with Gasteiger partial charge in [-0.3, -0.25) is 0 Å². The Morgan fingerprint density at radius 1 is 0.857 bits per heavy atom. The highest BCUT2D eigenvalue weighted by Crippen LogP contribution is 2.14. The minimum Gasteiger partial charge on any atom is -0.383 e.